The lowest BCUT2D eigenvalue weighted by molar-refractivity contribution is -0.137. The molecule has 0 saturated heterocycles. The molecule has 0 aliphatic carbocycles. The summed E-state index contributed by atoms with van der Waals surface area (Å²) in [6, 6.07) is 22.0. The molecule has 1 aliphatic heterocycles. The number of ether oxygens (including phenoxy) is 1. The summed E-state index contributed by atoms with van der Waals surface area (Å²) >= 11 is 0. The van der Waals surface area contributed by atoms with E-state index in [1.54, 1.807) is 0 Å². The van der Waals surface area contributed by atoms with E-state index in [-0.39, 0.29) is 11.9 Å². The van der Waals surface area contributed by atoms with Crippen molar-refractivity contribution in [1.29, 1.82) is 0 Å². The van der Waals surface area contributed by atoms with E-state index in [0.29, 0.717) is 12.2 Å². The minimum Gasteiger partial charge on any atom is -0.426 e. The van der Waals surface area contributed by atoms with Crippen molar-refractivity contribution in [2.75, 3.05) is 0 Å². The van der Waals surface area contributed by atoms with Crippen molar-refractivity contribution in [2.24, 2.45) is 0 Å². The zero-order chi connectivity index (χ0) is 14.2. The van der Waals surface area contributed by atoms with Crippen LogP contribution >= 0.6 is 0 Å². The number of hydrogen-bond acceptors (Lipinski definition) is 2. The van der Waals surface area contributed by atoms with Crippen molar-refractivity contribution in [3.63, 3.8) is 0 Å². The van der Waals surface area contributed by atoms with Gasteiger partial charge in [-0.3, -0.25) is 4.79 Å². The Morgan fingerprint density at radius 3 is 2.57 bits per heavy atom. The van der Waals surface area contributed by atoms with Crippen molar-refractivity contribution < 1.29 is 9.53 Å². The molecule has 1 atom stereocenters. The van der Waals surface area contributed by atoms with Gasteiger partial charge in [0.05, 0.1) is 5.92 Å². The average molecular weight is 274 g/mol. The molecular weight excluding hydrogens is 260 g/mol. The molecule has 0 spiro atoms. The fourth-order valence-corrected chi connectivity index (χ4v) is 3.05. The van der Waals surface area contributed by atoms with Gasteiger partial charge in [0.2, 0.25) is 0 Å². The highest BCUT2D eigenvalue weighted by Gasteiger charge is 2.30. The molecule has 0 fully saturated rings. The summed E-state index contributed by atoms with van der Waals surface area (Å²) < 4.78 is 5.51. The van der Waals surface area contributed by atoms with E-state index < -0.39 is 0 Å². The van der Waals surface area contributed by atoms with Crippen LogP contribution in [-0.4, -0.2) is 5.97 Å². The number of hydrogen-bond donors (Lipinski definition) is 0. The summed E-state index contributed by atoms with van der Waals surface area (Å²) in [5.74, 6) is 0.301. The van der Waals surface area contributed by atoms with E-state index in [1.165, 1.54) is 0 Å². The van der Waals surface area contributed by atoms with Crippen molar-refractivity contribution in [1.82, 2.24) is 0 Å². The maximum Gasteiger partial charge on any atom is 0.319 e. The van der Waals surface area contributed by atoms with Gasteiger partial charge in [-0.15, -0.1) is 0 Å². The summed E-state index contributed by atoms with van der Waals surface area (Å²) in [5, 5.41) is 2.28. The first kappa shape index (κ1) is 12.2. The second-order valence-corrected chi connectivity index (χ2v) is 5.35. The van der Waals surface area contributed by atoms with Crippen molar-refractivity contribution in [3.05, 3.63) is 77.9 Å². The highest BCUT2D eigenvalue weighted by Crippen LogP contribution is 2.35. The van der Waals surface area contributed by atoms with Crippen molar-refractivity contribution in [2.45, 2.75) is 12.3 Å². The molecule has 0 N–H and O–H groups in total. The number of rotatable bonds is 1. The van der Waals surface area contributed by atoms with E-state index in [9.17, 15) is 4.79 Å². The molecule has 0 radical (unpaired) electrons. The first-order chi connectivity index (χ1) is 10.3. The molecule has 0 saturated carbocycles. The molecule has 0 amide bonds. The molecule has 1 heterocycles. The average Bonchev–Trinajstić information content (AvgIpc) is 2.54. The number of carbonyl (C=O) groups excluding carboxylic acids is 1. The first-order valence-electron chi connectivity index (χ1n) is 7.10. The van der Waals surface area contributed by atoms with E-state index in [1.807, 2.05) is 48.5 Å². The van der Waals surface area contributed by atoms with E-state index in [4.69, 9.17) is 4.74 Å². The maximum absolute atomic E-state index is 12.4. The van der Waals surface area contributed by atoms with Gasteiger partial charge in [0.1, 0.15) is 5.75 Å². The zero-order valence-corrected chi connectivity index (χ0v) is 11.5. The molecule has 1 unspecified atom stereocenters. The molecule has 3 aromatic carbocycles. The third-order valence-corrected chi connectivity index (χ3v) is 4.09. The molecule has 3 aromatic rings. The Kier molecular flexibility index (Phi) is 2.74. The van der Waals surface area contributed by atoms with Crippen LogP contribution in [-0.2, 0) is 11.2 Å². The number of esters is 1. The standard InChI is InChI=1S/C19H14O2/c20-19-17(12-14-7-2-4-11-18(14)21-19)16-10-5-8-13-6-1-3-9-15(13)16/h1-11,17H,12H2. The fraction of sp³-hybridized carbons (Fsp3) is 0.105. The lowest BCUT2D eigenvalue weighted by Gasteiger charge is -2.24. The SMILES string of the molecule is O=C1Oc2ccccc2CC1c1cccc2ccccc12. The van der Waals surface area contributed by atoms with Crippen LogP contribution in [0.25, 0.3) is 10.8 Å². The minimum absolute atomic E-state index is 0.162. The molecule has 4 rings (SSSR count). The molecular formula is C19H14O2. The quantitative estimate of drug-likeness (QED) is 0.493. The van der Waals surface area contributed by atoms with Crippen LogP contribution in [0.1, 0.15) is 17.0 Å². The lowest BCUT2D eigenvalue weighted by Crippen LogP contribution is -2.26. The van der Waals surface area contributed by atoms with Gasteiger partial charge in [-0.05, 0) is 34.4 Å². The molecule has 0 aromatic heterocycles. The Bertz CT molecular complexity index is 830. The third-order valence-electron chi connectivity index (χ3n) is 4.09. The first-order valence-corrected chi connectivity index (χ1v) is 7.10. The Morgan fingerprint density at radius 1 is 0.857 bits per heavy atom. The van der Waals surface area contributed by atoms with Crippen LogP contribution in [0.5, 0.6) is 5.75 Å². The maximum atomic E-state index is 12.4. The Labute approximate surface area is 123 Å². The number of carbonyl (C=O) groups is 1. The second-order valence-electron chi connectivity index (χ2n) is 5.35. The largest absolute Gasteiger partial charge is 0.426 e. The molecule has 102 valence electrons. The summed E-state index contributed by atoms with van der Waals surface area (Å²) in [4.78, 5) is 12.4. The van der Waals surface area contributed by atoms with Crippen LogP contribution in [0.15, 0.2) is 66.7 Å². The van der Waals surface area contributed by atoms with Crippen molar-refractivity contribution >= 4 is 16.7 Å². The van der Waals surface area contributed by atoms with E-state index in [2.05, 4.69) is 18.2 Å². The Balaban J connectivity index is 1.84. The monoisotopic (exact) mass is 274 g/mol. The predicted octanol–water partition coefficient (Wildman–Crippen LogP) is 4.09. The zero-order valence-electron chi connectivity index (χ0n) is 11.5. The molecule has 0 bridgehead atoms. The highest BCUT2D eigenvalue weighted by atomic mass is 16.5. The Morgan fingerprint density at radius 2 is 1.62 bits per heavy atom. The third kappa shape index (κ3) is 2.00. The van der Waals surface area contributed by atoms with E-state index >= 15 is 0 Å². The number of para-hydroxylation sites is 1. The smallest absolute Gasteiger partial charge is 0.319 e. The van der Waals surface area contributed by atoms with Gasteiger partial charge in [0.15, 0.2) is 0 Å². The van der Waals surface area contributed by atoms with Gasteiger partial charge in [0.25, 0.3) is 0 Å². The van der Waals surface area contributed by atoms with E-state index in [0.717, 1.165) is 21.9 Å². The van der Waals surface area contributed by atoms with Gasteiger partial charge in [-0.2, -0.15) is 0 Å². The normalized spacial score (nSPS) is 17.3. The highest BCUT2D eigenvalue weighted by molar-refractivity contribution is 5.92. The van der Waals surface area contributed by atoms with Gasteiger partial charge in [-0.25, -0.2) is 0 Å². The van der Waals surface area contributed by atoms with Crippen LogP contribution < -0.4 is 4.74 Å². The van der Waals surface area contributed by atoms with Crippen LogP contribution in [0, 0.1) is 0 Å². The van der Waals surface area contributed by atoms with Gasteiger partial charge >= 0.3 is 5.97 Å². The summed E-state index contributed by atoms with van der Waals surface area (Å²) in [6.45, 7) is 0. The number of benzene rings is 3. The molecule has 21 heavy (non-hydrogen) atoms. The molecule has 2 heteroatoms. The fourth-order valence-electron chi connectivity index (χ4n) is 3.05. The lowest BCUT2D eigenvalue weighted by atomic mass is 9.87. The summed E-state index contributed by atoms with van der Waals surface area (Å²) in [6.07, 6.45) is 0.697. The van der Waals surface area contributed by atoms with Crippen LogP contribution in [0.3, 0.4) is 0 Å². The van der Waals surface area contributed by atoms with Gasteiger partial charge in [-0.1, -0.05) is 60.7 Å². The predicted molar refractivity (Wildman–Crippen MR) is 82.5 cm³/mol. The summed E-state index contributed by atoms with van der Waals surface area (Å²) in [5.41, 5.74) is 2.14. The number of fused-ring (bicyclic) bond motifs is 2. The Hall–Kier alpha value is -2.61. The van der Waals surface area contributed by atoms with Crippen LogP contribution in [0.4, 0.5) is 0 Å². The van der Waals surface area contributed by atoms with Gasteiger partial charge < -0.3 is 4.74 Å². The second kappa shape index (κ2) is 4.74. The van der Waals surface area contributed by atoms with Gasteiger partial charge in [0, 0.05) is 0 Å². The van der Waals surface area contributed by atoms with Crippen LogP contribution in [0.2, 0.25) is 0 Å². The molecule has 1 aliphatic rings. The van der Waals surface area contributed by atoms with Crippen molar-refractivity contribution in [3.8, 4) is 5.75 Å². The summed E-state index contributed by atoms with van der Waals surface area (Å²) in [7, 11) is 0. The molecule has 2 nitrogen and oxygen atoms in total. The topological polar surface area (TPSA) is 26.3 Å². The minimum atomic E-state index is -0.231.